The summed E-state index contributed by atoms with van der Waals surface area (Å²) < 4.78 is 34.1. The van der Waals surface area contributed by atoms with Gasteiger partial charge in [-0.15, -0.1) is 0 Å². The molecule has 0 aliphatic carbocycles. The number of nitrogens with zero attached hydrogens (tertiary/aromatic N) is 1. The molecule has 136 valence electrons. The summed E-state index contributed by atoms with van der Waals surface area (Å²) in [5, 5.41) is 0. The van der Waals surface area contributed by atoms with Crippen molar-refractivity contribution < 1.29 is 23.0 Å². The number of alkyl halides is 2. The Hall–Kier alpha value is -2.89. The van der Waals surface area contributed by atoms with Gasteiger partial charge < -0.3 is 14.4 Å². The quantitative estimate of drug-likeness (QED) is 0.735. The summed E-state index contributed by atoms with van der Waals surface area (Å²) in [5.41, 5.74) is 2.93. The third-order valence-corrected chi connectivity index (χ3v) is 4.08. The van der Waals surface area contributed by atoms with Gasteiger partial charge in [-0.05, 0) is 47.0 Å². The van der Waals surface area contributed by atoms with Gasteiger partial charge in [-0.3, -0.25) is 4.79 Å². The first-order chi connectivity index (χ1) is 12.5. The third-order valence-electron chi connectivity index (χ3n) is 4.08. The van der Waals surface area contributed by atoms with E-state index in [4.69, 9.17) is 4.74 Å². The molecule has 1 amide bonds. The van der Waals surface area contributed by atoms with Gasteiger partial charge in [0.25, 0.3) is 0 Å². The fourth-order valence-corrected chi connectivity index (χ4v) is 2.73. The number of likely N-dealkylation sites (N-methyl/N-ethyl adjacent to an activating group) is 1. The molecule has 0 aromatic heterocycles. The number of carbonyl (C=O) groups excluding carboxylic acids is 1. The molecule has 0 saturated carbocycles. The summed E-state index contributed by atoms with van der Waals surface area (Å²) in [6.07, 6.45) is 4.18. The van der Waals surface area contributed by atoms with Crippen molar-refractivity contribution in [3.8, 4) is 11.5 Å². The van der Waals surface area contributed by atoms with Crippen molar-refractivity contribution in [2.24, 2.45) is 0 Å². The maximum absolute atomic E-state index is 12.3. The molecule has 1 aliphatic rings. The summed E-state index contributed by atoms with van der Waals surface area (Å²) in [6.45, 7) is -1.78. The number of rotatable bonds is 6. The van der Waals surface area contributed by atoms with Gasteiger partial charge in [-0.25, -0.2) is 0 Å². The zero-order valence-corrected chi connectivity index (χ0v) is 14.3. The second-order valence-electron chi connectivity index (χ2n) is 6.02. The van der Waals surface area contributed by atoms with Crippen LogP contribution in [-0.4, -0.2) is 31.1 Å². The Morgan fingerprint density at radius 1 is 1.27 bits per heavy atom. The molecular formula is C20H19F2NO3. The highest BCUT2D eigenvalue weighted by molar-refractivity contribution is 5.91. The van der Waals surface area contributed by atoms with Gasteiger partial charge in [0.2, 0.25) is 5.91 Å². The van der Waals surface area contributed by atoms with Crippen LogP contribution in [0.25, 0.3) is 6.08 Å². The lowest BCUT2D eigenvalue weighted by atomic mass is 10.1. The van der Waals surface area contributed by atoms with E-state index in [1.165, 1.54) is 18.2 Å². The summed E-state index contributed by atoms with van der Waals surface area (Å²) in [7, 11) is 1.69. The van der Waals surface area contributed by atoms with Crippen LogP contribution in [-0.2, 0) is 17.8 Å². The van der Waals surface area contributed by atoms with E-state index in [0.29, 0.717) is 13.2 Å². The smallest absolute Gasteiger partial charge is 0.387 e. The second-order valence-corrected chi connectivity index (χ2v) is 6.02. The minimum atomic E-state index is -2.85. The summed E-state index contributed by atoms with van der Waals surface area (Å²) in [4.78, 5) is 13.8. The molecule has 0 radical (unpaired) electrons. The first-order valence-corrected chi connectivity index (χ1v) is 8.24. The normalized spacial score (nSPS) is 12.9. The highest BCUT2D eigenvalue weighted by Crippen LogP contribution is 2.26. The molecule has 0 atom stereocenters. The number of benzene rings is 2. The summed E-state index contributed by atoms with van der Waals surface area (Å²) in [5.74, 6) is 0.859. The van der Waals surface area contributed by atoms with Crippen LogP contribution in [0, 0.1) is 0 Å². The number of ether oxygens (including phenoxy) is 2. The van der Waals surface area contributed by atoms with Crippen molar-refractivity contribution in [2.75, 3.05) is 13.7 Å². The van der Waals surface area contributed by atoms with Gasteiger partial charge in [0.15, 0.2) is 0 Å². The lowest BCUT2D eigenvalue weighted by Crippen LogP contribution is -2.24. The molecule has 0 fully saturated rings. The molecule has 6 heteroatoms. The van der Waals surface area contributed by atoms with Crippen LogP contribution in [0.5, 0.6) is 11.5 Å². The molecule has 0 spiro atoms. The fraction of sp³-hybridized carbons (Fsp3) is 0.250. The third kappa shape index (κ3) is 4.59. The minimum Gasteiger partial charge on any atom is -0.493 e. The lowest BCUT2D eigenvalue weighted by molar-refractivity contribution is -0.125. The van der Waals surface area contributed by atoms with E-state index in [0.717, 1.165) is 28.9 Å². The van der Waals surface area contributed by atoms with E-state index in [9.17, 15) is 13.6 Å². The summed E-state index contributed by atoms with van der Waals surface area (Å²) in [6, 6.07) is 12.1. The molecule has 3 rings (SSSR count). The van der Waals surface area contributed by atoms with Crippen molar-refractivity contribution in [2.45, 2.75) is 19.6 Å². The fourth-order valence-electron chi connectivity index (χ4n) is 2.73. The van der Waals surface area contributed by atoms with Crippen LogP contribution in [0.3, 0.4) is 0 Å². The van der Waals surface area contributed by atoms with E-state index in [1.807, 2.05) is 18.2 Å². The molecule has 4 nitrogen and oxygen atoms in total. The predicted molar refractivity (Wildman–Crippen MR) is 94.2 cm³/mol. The Balaban J connectivity index is 1.57. The Morgan fingerprint density at radius 2 is 2.04 bits per heavy atom. The standard InChI is InChI=1S/C20H19F2NO3/c1-23(13-15-2-6-17(7-3-15)26-20(21)22)19(24)9-5-14-4-8-18-16(12-14)10-11-25-18/h2-9,12,20H,10-11,13H2,1H3/b9-5+. The maximum Gasteiger partial charge on any atom is 0.387 e. The average Bonchev–Trinajstić information content (AvgIpc) is 3.08. The Bertz CT molecular complexity index is 803. The number of fused-ring (bicyclic) bond motifs is 1. The molecule has 0 N–H and O–H groups in total. The number of hydrogen-bond acceptors (Lipinski definition) is 3. The van der Waals surface area contributed by atoms with Crippen LogP contribution in [0.1, 0.15) is 16.7 Å². The Kier molecular flexibility index (Phi) is 5.51. The second kappa shape index (κ2) is 7.99. The molecule has 2 aromatic carbocycles. The SMILES string of the molecule is CN(Cc1ccc(OC(F)F)cc1)C(=O)/C=C/c1ccc2c(c1)CCO2. The highest BCUT2D eigenvalue weighted by Gasteiger charge is 2.12. The van der Waals surface area contributed by atoms with E-state index >= 15 is 0 Å². The van der Waals surface area contributed by atoms with Crippen LogP contribution in [0.4, 0.5) is 8.78 Å². The van der Waals surface area contributed by atoms with Gasteiger partial charge in [-0.2, -0.15) is 8.78 Å². The monoisotopic (exact) mass is 359 g/mol. The first-order valence-electron chi connectivity index (χ1n) is 8.24. The van der Waals surface area contributed by atoms with Crippen molar-refractivity contribution >= 4 is 12.0 Å². The Morgan fingerprint density at radius 3 is 2.77 bits per heavy atom. The van der Waals surface area contributed by atoms with Crippen molar-refractivity contribution in [1.82, 2.24) is 4.90 Å². The van der Waals surface area contributed by atoms with E-state index in [1.54, 1.807) is 30.2 Å². The van der Waals surface area contributed by atoms with Gasteiger partial charge in [0.1, 0.15) is 11.5 Å². The molecule has 1 aliphatic heterocycles. The van der Waals surface area contributed by atoms with Crippen LogP contribution in [0.2, 0.25) is 0 Å². The van der Waals surface area contributed by atoms with Crippen LogP contribution in [0.15, 0.2) is 48.5 Å². The topological polar surface area (TPSA) is 38.8 Å². The number of hydrogen-bond donors (Lipinski definition) is 0. The molecule has 2 aromatic rings. The first kappa shape index (κ1) is 17.9. The van der Waals surface area contributed by atoms with E-state index < -0.39 is 6.61 Å². The Labute approximate surface area is 150 Å². The molecule has 0 unspecified atom stereocenters. The lowest BCUT2D eigenvalue weighted by Gasteiger charge is -2.15. The van der Waals surface area contributed by atoms with Crippen molar-refractivity contribution in [1.29, 1.82) is 0 Å². The van der Waals surface area contributed by atoms with Crippen LogP contribution >= 0.6 is 0 Å². The van der Waals surface area contributed by atoms with Crippen molar-refractivity contribution in [3.05, 3.63) is 65.2 Å². The van der Waals surface area contributed by atoms with Crippen molar-refractivity contribution in [3.63, 3.8) is 0 Å². The van der Waals surface area contributed by atoms with E-state index in [-0.39, 0.29) is 11.7 Å². The largest absolute Gasteiger partial charge is 0.493 e. The molecule has 0 saturated heterocycles. The van der Waals surface area contributed by atoms with Gasteiger partial charge in [-0.1, -0.05) is 18.2 Å². The van der Waals surface area contributed by atoms with Gasteiger partial charge in [0, 0.05) is 26.1 Å². The van der Waals surface area contributed by atoms with Crippen LogP contribution < -0.4 is 9.47 Å². The molecule has 26 heavy (non-hydrogen) atoms. The number of carbonyl (C=O) groups is 1. The van der Waals surface area contributed by atoms with Gasteiger partial charge >= 0.3 is 6.61 Å². The average molecular weight is 359 g/mol. The zero-order valence-electron chi connectivity index (χ0n) is 14.3. The molecular weight excluding hydrogens is 340 g/mol. The molecule has 0 bridgehead atoms. The minimum absolute atomic E-state index is 0.0956. The summed E-state index contributed by atoms with van der Waals surface area (Å²) >= 11 is 0. The number of halogens is 2. The van der Waals surface area contributed by atoms with E-state index in [2.05, 4.69) is 4.74 Å². The van der Waals surface area contributed by atoms with Gasteiger partial charge in [0.05, 0.1) is 6.61 Å². The predicted octanol–water partition coefficient (Wildman–Crippen LogP) is 3.89. The maximum atomic E-state index is 12.3. The molecule has 1 heterocycles. The highest BCUT2D eigenvalue weighted by atomic mass is 19.3. The number of amides is 1. The zero-order chi connectivity index (χ0) is 18.5.